The van der Waals surface area contributed by atoms with E-state index in [0.717, 1.165) is 30.5 Å². The standard InChI is InChI=1S/C14H37O5PS2Si2/c1-8-20(15,21)22(11-9-13(2)23(16-4)17-5)12-10-14(3)24(18-6)19-7/h13-14,22-24H,8-12H2,1-7H3,(H,15,21). The molecule has 1 N–H and O–H groups in total. The summed E-state index contributed by atoms with van der Waals surface area (Å²) in [6.07, 6.45) is 2.77. The van der Waals surface area contributed by atoms with Crippen LogP contribution in [0.25, 0.3) is 0 Å². The third-order valence-corrected chi connectivity index (χ3v) is 19.6. The van der Waals surface area contributed by atoms with Crippen molar-refractivity contribution in [3.05, 3.63) is 0 Å². The first kappa shape index (κ1) is 25.2. The van der Waals surface area contributed by atoms with Crippen molar-refractivity contribution in [1.29, 1.82) is 0 Å². The van der Waals surface area contributed by atoms with Gasteiger partial charge in [-0.05, 0) is 35.4 Å². The Balaban J connectivity index is 4.75. The van der Waals surface area contributed by atoms with Crippen molar-refractivity contribution in [3.63, 3.8) is 0 Å². The minimum atomic E-state index is -2.22. The lowest BCUT2D eigenvalue weighted by Crippen LogP contribution is -2.26. The lowest BCUT2D eigenvalue weighted by Gasteiger charge is -2.32. The predicted molar refractivity (Wildman–Crippen MR) is 116 cm³/mol. The lowest BCUT2D eigenvalue weighted by molar-refractivity contribution is 0.266. The van der Waals surface area contributed by atoms with Gasteiger partial charge in [-0.3, -0.25) is 0 Å². The van der Waals surface area contributed by atoms with Crippen LogP contribution in [0.2, 0.25) is 11.1 Å². The zero-order valence-electron chi connectivity index (χ0n) is 16.2. The van der Waals surface area contributed by atoms with Crippen LogP contribution >= 0.6 is 16.0 Å². The Hall–Kier alpha value is 1.23. The fraction of sp³-hybridized carbons (Fsp3) is 1.00. The van der Waals surface area contributed by atoms with E-state index in [1.54, 1.807) is 28.4 Å². The first-order chi connectivity index (χ1) is 11.3. The Morgan fingerprint density at radius 2 is 1.25 bits per heavy atom. The molecule has 0 saturated heterocycles. The monoisotopic (exact) mass is 436 g/mol. The van der Waals surface area contributed by atoms with Gasteiger partial charge in [-0.25, -0.2) is 10.5 Å². The highest BCUT2D eigenvalue weighted by Crippen LogP contribution is 2.67. The van der Waals surface area contributed by atoms with Gasteiger partial charge in [-0.1, -0.05) is 32.6 Å². The molecular weight excluding hydrogens is 399 g/mol. The molecule has 24 heavy (non-hydrogen) atoms. The fourth-order valence-electron chi connectivity index (χ4n) is 2.72. The molecule has 3 unspecified atom stereocenters. The molecule has 0 rings (SSSR count). The molecule has 10 heteroatoms. The van der Waals surface area contributed by atoms with E-state index in [9.17, 15) is 4.89 Å². The highest BCUT2D eigenvalue weighted by molar-refractivity contribution is 8.77. The second-order valence-corrected chi connectivity index (χ2v) is 22.0. The van der Waals surface area contributed by atoms with Crippen molar-refractivity contribution in [2.45, 2.75) is 44.7 Å². The number of hydrogen-bond donors (Lipinski definition) is 2. The van der Waals surface area contributed by atoms with Gasteiger partial charge in [0, 0.05) is 34.6 Å². The van der Waals surface area contributed by atoms with Crippen molar-refractivity contribution < 1.29 is 22.6 Å². The maximum atomic E-state index is 10.8. The van der Waals surface area contributed by atoms with Gasteiger partial charge < -0.3 is 22.6 Å². The summed E-state index contributed by atoms with van der Waals surface area (Å²) in [6.45, 7) is 6.39. The second kappa shape index (κ2) is 13.4. The largest absolute Gasteiger partial charge is 0.400 e. The van der Waals surface area contributed by atoms with Crippen molar-refractivity contribution >= 4 is 46.4 Å². The first-order valence-corrected chi connectivity index (χ1v) is 17.0. The van der Waals surface area contributed by atoms with Gasteiger partial charge in [0.2, 0.25) is 0 Å². The maximum Gasteiger partial charge on any atom is 0.323 e. The van der Waals surface area contributed by atoms with E-state index in [1.807, 2.05) is 6.92 Å². The van der Waals surface area contributed by atoms with Gasteiger partial charge in [0.25, 0.3) is 0 Å². The molecule has 0 spiro atoms. The second-order valence-electron chi connectivity index (χ2n) is 6.15. The minimum absolute atomic E-state index is 0.425. The predicted octanol–water partition coefficient (Wildman–Crippen LogP) is 2.90. The van der Waals surface area contributed by atoms with Crippen LogP contribution in [0.15, 0.2) is 0 Å². The summed E-state index contributed by atoms with van der Waals surface area (Å²) < 4.78 is 21.9. The molecule has 0 fully saturated rings. The smallest absolute Gasteiger partial charge is 0.323 e. The van der Waals surface area contributed by atoms with Crippen LogP contribution in [-0.4, -0.2) is 69.6 Å². The summed E-state index contributed by atoms with van der Waals surface area (Å²) in [4.78, 5) is 10.8. The molecule has 0 aliphatic heterocycles. The van der Waals surface area contributed by atoms with E-state index in [2.05, 4.69) is 13.8 Å². The summed E-state index contributed by atoms with van der Waals surface area (Å²) >= 11 is 5.61. The van der Waals surface area contributed by atoms with Gasteiger partial charge in [0.05, 0.1) is 5.47 Å². The number of hydrogen-bond acceptors (Lipinski definition) is 5. The molecule has 0 heterocycles. The van der Waals surface area contributed by atoms with Crippen molar-refractivity contribution in [3.8, 4) is 0 Å². The number of thiol groups is 1. The molecule has 3 atom stereocenters. The zero-order chi connectivity index (χ0) is 18.8. The third-order valence-electron chi connectivity index (χ3n) is 4.40. The quantitative estimate of drug-likeness (QED) is 0.248. The van der Waals surface area contributed by atoms with Gasteiger partial charge in [-0.2, -0.15) is 0 Å². The SMILES string of the molecule is CCP(O)(=S)[SH](CCC(C)[SiH](OC)OC)CCC(C)[SiH](OC)OC. The molecule has 0 aliphatic rings. The Morgan fingerprint density at radius 3 is 1.50 bits per heavy atom. The highest BCUT2D eigenvalue weighted by atomic mass is 32.9. The van der Waals surface area contributed by atoms with Gasteiger partial charge >= 0.3 is 18.6 Å². The topological polar surface area (TPSA) is 57.2 Å². The van der Waals surface area contributed by atoms with Crippen molar-refractivity contribution in [2.75, 3.05) is 46.1 Å². The maximum absolute atomic E-state index is 10.8. The third kappa shape index (κ3) is 8.75. The van der Waals surface area contributed by atoms with Crippen LogP contribution in [0.5, 0.6) is 0 Å². The van der Waals surface area contributed by atoms with Crippen LogP contribution in [-0.2, 0) is 29.5 Å². The van der Waals surface area contributed by atoms with E-state index in [1.165, 1.54) is 0 Å². The molecular formula is C14H37O5PS2Si2. The summed E-state index contributed by atoms with van der Waals surface area (Å²) in [6, 6.07) is 0. The van der Waals surface area contributed by atoms with Gasteiger partial charge in [0.1, 0.15) is 0 Å². The van der Waals surface area contributed by atoms with Gasteiger partial charge in [-0.15, -0.1) is 0 Å². The highest BCUT2D eigenvalue weighted by Gasteiger charge is 2.27. The molecule has 0 radical (unpaired) electrons. The minimum Gasteiger partial charge on any atom is -0.400 e. The Kier molecular flexibility index (Phi) is 14.1. The molecule has 0 amide bonds. The van der Waals surface area contributed by atoms with E-state index in [-0.39, 0.29) is 0 Å². The fourth-order valence-corrected chi connectivity index (χ4v) is 14.3. The Labute approximate surface area is 159 Å². The van der Waals surface area contributed by atoms with E-state index >= 15 is 0 Å². The van der Waals surface area contributed by atoms with Crippen LogP contribution in [0.4, 0.5) is 0 Å². The average Bonchev–Trinajstić information content (AvgIpc) is 2.56. The summed E-state index contributed by atoms with van der Waals surface area (Å²) in [5, 5.41) is 0. The van der Waals surface area contributed by atoms with Crippen LogP contribution < -0.4 is 0 Å². The Bertz CT molecular complexity index is 351. The lowest BCUT2D eigenvalue weighted by atomic mass is 10.4. The summed E-state index contributed by atoms with van der Waals surface area (Å²) in [5.74, 6) is 2.01. The molecule has 5 nitrogen and oxygen atoms in total. The normalized spacial score (nSPS) is 19.3. The van der Waals surface area contributed by atoms with Crippen LogP contribution in [0.1, 0.15) is 33.6 Å². The molecule has 0 aromatic carbocycles. The van der Waals surface area contributed by atoms with E-state index in [4.69, 9.17) is 29.5 Å². The summed E-state index contributed by atoms with van der Waals surface area (Å²) in [5.41, 5.74) is -1.37. The van der Waals surface area contributed by atoms with Crippen LogP contribution in [0.3, 0.4) is 0 Å². The van der Waals surface area contributed by atoms with E-state index in [0.29, 0.717) is 11.1 Å². The molecule has 0 saturated carbocycles. The Morgan fingerprint density at radius 1 is 0.917 bits per heavy atom. The first-order valence-electron chi connectivity index (χ1n) is 8.45. The molecule has 0 aromatic rings. The zero-order valence-corrected chi connectivity index (χ0v) is 21.1. The molecule has 148 valence electrons. The van der Waals surface area contributed by atoms with Crippen molar-refractivity contribution in [1.82, 2.24) is 0 Å². The van der Waals surface area contributed by atoms with E-state index < -0.39 is 34.5 Å². The van der Waals surface area contributed by atoms with Gasteiger partial charge in [0.15, 0.2) is 0 Å². The molecule has 0 bridgehead atoms. The molecule has 0 aliphatic carbocycles. The number of rotatable bonds is 14. The van der Waals surface area contributed by atoms with Crippen LogP contribution in [0, 0.1) is 0 Å². The van der Waals surface area contributed by atoms with Crippen molar-refractivity contribution in [2.24, 2.45) is 0 Å². The molecule has 0 aromatic heterocycles. The average molecular weight is 437 g/mol. The summed E-state index contributed by atoms with van der Waals surface area (Å²) in [7, 11) is 3.17.